The summed E-state index contributed by atoms with van der Waals surface area (Å²) in [4.78, 5) is 4.03. The Bertz CT molecular complexity index is 539. The van der Waals surface area contributed by atoms with Gasteiger partial charge in [0.25, 0.3) is 0 Å². The Hall–Kier alpha value is -1.54. The molecular formula is C11H10F3N3OS. The fourth-order valence-corrected chi connectivity index (χ4v) is 2.04. The highest BCUT2D eigenvalue weighted by Gasteiger charge is 2.38. The van der Waals surface area contributed by atoms with E-state index in [9.17, 15) is 13.2 Å². The van der Waals surface area contributed by atoms with E-state index in [-0.39, 0.29) is 5.16 Å². The van der Waals surface area contributed by atoms with E-state index in [0.29, 0.717) is 0 Å². The van der Waals surface area contributed by atoms with Crippen LogP contribution in [0.15, 0.2) is 38.8 Å². The van der Waals surface area contributed by atoms with Crippen molar-refractivity contribution >= 4 is 11.8 Å². The third-order valence-electron chi connectivity index (χ3n) is 2.16. The van der Waals surface area contributed by atoms with Crippen LogP contribution in [0.25, 0.3) is 0 Å². The van der Waals surface area contributed by atoms with Crippen LogP contribution in [0.2, 0.25) is 0 Å². The third kappa shape index (κ3) is 3.71. The SMILES string of the molecule is CNCc1ccc(Sc2noc(C(F)(F)F)n2)cc1. The Kier molecular flexibility index (Phi) is 4.11. The zero-order valence-electron chi connectivity index (χ0n) is 9.86. The highest BCUT2D eigenvalue weighted by Crippen LogP contribution is 2.31. The van der Waals surface area contributed by atoms with Gasteiger partial charge >= 0.3 is 12.1 Å². The number of nitrogens with one attached hydrogen (secondary N) is 1. The van der Waals surface area contributed by atoms with Crippen molar-refractivity contribution in [1.82, 2.24) is 15.5 Å². The standard InChI is InChI=1S/C11H10F3N3OS/c1-15-6-7-2-4-8(5-3-7)19-10-16-9(18-17-10)11(12,13)14/h2-5,15H,6H2,1H3. The predicted molar refractivity (Wildman–Crippen MR) is 62.6 cm³/mol. The van der Waals surface area contributed by atoms with Crippen molar-refractivity contribution in [2.24, 2.45) is 0 Å². The van der Waals surface area contributed by atoms with Gasteiger partial charge in [0.15, 0.2) is 0 Å². The highest BCUT2D eigenvalue weighted by atomic mass is 32.2. The number of hydrogen-bond acceptors (Lipinski definition) is 5. The van der Waals surface area contributed by atoms with Gasteiger partial charge in [0.05, 0.1) is 0 Å². The van der Waals surface area contributed by atoms with E-state index in [1.54, 1.807) is 12.1 Å². The largest absolute Gasteiger partial charge is 0.471 e. The molecule has 0 amide bonds. The molecule has 2 rings (SSSR count). The molecule has 1 N–H and O–H groups in total. The monoisotopic (exact) mass is 289 g/mol. The summed E-state index contributed by atoms with van der Waals surface area (Å²) in [6.45, 7) is 0.728. The lowest BCUT2D eigenvalue weighted by atomic mass is 10.2. The maximum Gasteiger partial charge on any atom is 0.471 e. The Balaban J connectivity index is 2.06. The van der Waals surface area contributed by atoms with Gasteiger partial charge in [-0.15, -0.1) is 0 Å². The molecule has 0 unspecified atom stereocenters. The van der Waals surface area contributed by atoms with Crippen molar-refractivity contribution in [3.05, 3.63) is 35.7 Å². The minimum Gasteiger partial charge on any atom is -0.328 e. The predicted octanol–water partition coefficient (Wildman–Crippen LogP) is 2.96. The Morgan fingerprint density at radius 2 is 1.95 bits per heavy atom. The molecule has 0 atom stereocenters. The van der Waals surface area contributed by atoms with Crippen molar-refractivity contribution in [2.45, 2.75) is 22.8 Å². The van der Waals surface area contributed by atoms with Gasteiger partial charge in [-0.2, -0.15) is 18.2 Å². The van der Waals surface area contributed by atoms with E-state index < -0.39 is 12.1 Å². The summed E-state index contributed by atoms with van der Waals surface area (Å²) in [5, 5.41) is 6.22. The van der Waals surface area contributed by atoms with Crippen LogP contribution in [-0.4, -0.2) is 17.2 Å². The molecule has 0 bridgehead atoms. The van der Waals surface area contributed by atoms with Crippen LogP contribution >= 0.6 is 11.8 Å². The first-order valence-electron chi connectivity index (χ1n) is 5.31. The van der Waals surface area contributed by atoms with Gasteiger partial charge in [0, 0.05) is 11.4 Å². The van der Waals surface area contributed by atoms with E-state index in [1.807, 2.05) is 19.2 Å². The van der Waals surface area contributed by atoms with Crippen LogP contribution in [0.3, 0.4) is 0 Å². The summed E-state index contributed by atoms with van der Waals surface area (Å²) in [5.74, 6) is -1.33. The number of rotatable bonds is 4. The van der Waals surface area contributed by atoms with Crippen molar-refractivity contribution in [3.63, 3.8) is 0 Å². The molecule has 1 aromatic carbocycles. The van der Waals surface area contributed by atoms with Gasteiger partial charge in [0.1, 0.15) is 0 Å². The van der Waals surface area contributed by atoms with E-state index in [1.165, 1.54) is 0 Å². The lowest BCUT2D eigenvalue weighted by Gasteiger charge is -2.01. The quantitative estimate of drug-likeness (QED) is 0.937. The Morgan fingerprint density at radius 3 is 2.47 bits per heavy atom. The molecule has 1 heterocycles. The van der Waals surface area contributed by atoms with Crippen molar-refractivity contribution in [3.8, 4) is 0 Å². The molecule has 4 nitrogen and oxygen atoms in total. The molecule has 2 aromatic rings. The van der Waals surface area contributed by atoms with E-state index in [2.05, 4.69) is 20.0 Å². The van der Waals surface area contributed by atoms with Gasteiger partial charge < -0.3 is 9.84 Å². The maximum absolute atomic E-state index is 12.3. The maximum atomic E-state index is 12.3. The summed E-state index contributed by atoms with van der Waals surface area (Å²) >= 11 is 1.01. The fraction of sp³-hybridized carbons (Fsp3) is 0.273. The molecule has 0 saturated carbocycles. The van der Waals surface area contributed by atoms with Gasteiger partial charge in [-0.3, -0.25) is 0 Å². The first kappa shape index (κ1) is 13.9. The molecule has 8 heteroatoms. The van der Waals surface area contributed by atoms with Crippen LogP contribution in [-0.2, 0) is 12.7 Å². The molecular weight excluding hydrogens is 279 g/mol. The lowest BCUT2D eigenvalue weighted by molar-refractivity contribution is -0.159. The van der Waals surface area contributed by atoms with Gasteiger partial charge in [0.2, 0.25) is 5.16 Å². The van der Waals surface area contributed by atoms with Crippen molar-refractivity contribution < 1.29 is 17.7 Å². The molecule has 102 valence electrons. The summed E-state index contributed by atoms with van der Waals surface area (Å²) in [5.41, 5.74) is 1.08. The van der Waals surface area contributed by atoms with Crippen molar-refractivity contribution in [2.75, 3.05) is 7.05 Å². The second-order valence-electron chi connectivity index (χ2n) is 3.66. The molecule has 0 aliphatic heterocycles. The average Bonchev–Trinajstić information content (AvgIpc) is 2.80. The van der Waals surface area contributed by atoms with Gasteiger partial charge in [-0.1, -0.05) is 12.1 Å². The van der Waals surface area contributed by atoms with Gasteiger partial charge in [-0.25, -0.2) is 0 Å². The summed E-state index contributed by atoms with van der Waals surface area (Å²) in [7, 11) is 1.83. The average molecular weight is 289 g/mol. The minimum atomic E-state index is -4.61. The number of hydrogen-bond donors (Lipinski definition) is 1. The molecule has 19 heavy (non-hydrogen) atoms. The first-order chi connectivity index (χ1) is 8.99. The molecule has 0 aliphatic carbocycles. The molecule has 0 spiro atoms. The normalized spacial score (nSPS) is 11.8. The third-order valence-corrected chi connectivity index (χ3v) is 3.02. The van der Waals surface area contributed by atoms with Gasteiger partial charge in [-0.05, 0) is 41.7 Å². The number of nitrogens with zero attached hydrogens (tertiary/aromatic N) is 2. The van der Waals surface area contributed by atoms with E-state index >= 15 is 0 Å². The number of halogens is 3. The summed E-state index contributed by atoms with van der Waals surface area (Å²) in [6.07, 6.45) is -4.61. The Labute approximate surface area is 111 Å². The molecule has 0 saturated heterocycles. The van der Waals surface area contributed by atoms with E-state index in [0.717, 1.165) is 28.8 Å². The zero-order chi connectivity index (χ0) is 13.9. The van der Waals surface area contributed by atoms with Crippen LogP contribution in [0.4, 0.5) is 13.2 Å². The second kappa shape index (κ2) is 5.62. The van der Waals surface area contributed by atoms with Crippen LogP contribution in [0.1, 0.15) is 11.5 Å². The molecule has 0 aliphatic rings. The molecule has 1 aromatic heterocycles. The van der Waals surface area contributed by atoms with Crippen LogP contribution in [0, 0.1) is 0 Å². The summed E-state index contributed by atoms with van der Waals surface area (Å²) < 4.78 is 40.9. The van der Waals surface area contributed by atoms with Crippen LogP contribution in [0.5, 0.6) is 0 Å². The zero-order valence-corrected chi connectivity index (χ0v) is 10.7. The summed E-state index contributed by atoms with van der Waals surface area (Å²) in [6, 6.07) is 7.34. The lowest BCUT2D eigenvalue weighted by Crippen LogP contribution is -2.04. The highest BCUT2D eigenvalue weighted by molar-refractivity contribution is 7.99. The number of aromatic nitrogens is 2. The van der Waals surface area contributed by atoms with Crippen molar-refractivity contribution in [1.29, 1.82) is 0 Å². The second-order valence-corrected chi connectivity index (χ2v) is 4.70. The van der Waals surface area contributed by atoms with E-state index in [4.69, 9.17) is 0 Å². The number of alkyl halides is 3. The topological polar surface area (TPSA) is 51.0 Å². The minimum absolute atomic E-state index is 0.0614. The Morgan fingerprint density at radius 1 is 1.26 bits per heavy atom. The first-order valence-corrected chi connectivity index (χ1v) is 6.13. The van der Waals surface area contributed by atoms with Crippen LogP contribution < -0.4 is 5.32 Å². The smallest absolute Gasteiger partial charge is 0.328 e. The number of benzene rings is 1. The molecule has 0 fully saturated rings. The molecule has 0 radical (unpaired) electrons. The fourth-order valence-electron chi connectivity index (χ4n) is 1.35.